The SMILES string of the molecule is CN(C)c1ccc(N2CCN(C(=O)NCc3cccnc3)CC2)cc1. The molecule has 6 heteroatoms. The molecule has 2 heterocycles. The number of urea groups is 1. The maximum atomic E-state index is 12.3. The van der Waals surface area contributed by atoms with Crippen molar-refractivity contribution in [2.24, 2.45) is 0 Å². The average Bonchev–Trinajstić information content (AvgIpc) is 2.67. The molecule has 1 N–H and O–H groups in total. The molecule has 1 aliphatic rings. The first kappa shape index (κ1) is 17.1. The van der Waals surface area contributed by atoms with E-state index in [1.807, 2.05) is 31.1 Å². The summed E-state index contributed by atoms with van der Waals surface area (Å²) in [5.41, 5.74) is 3.41. The van der Waals surface area contributed by atoms with E-state index in [-0.39, 0.29) is 6.03 Å². The predicted octanol–water partition coefficient (Wildman–Crippen LogP) is 2.18. The zero-order chi connectivity index (χ0) is 17.6. The van der Waals surface area contributed by atoms with Crippen molar-refractivity contribution in [2.75, 3.05) is 50.1 Å². The average molecular weight is 339 g/mol. The normalized spacial score (nSPS) is 14.3. The Morgan fingerprint density at radius 1 is 1.12 bits per heavy atom. The van der Waals surface area contributed by atoms with Gasteiger partial charge in [0, 0.05) is 70.6 Å². The largest absolute Gasteiger partial charge is 0.378 e. The van der Waals surface area contributed by atoms with Crippen LogP contribution in [-0.4, -0.2) is 56.2 Å². The fourth-order valence-electron chi connectivity index (χ4n) is 2.92. The van der Waals surface area contributed by atoms with Gasteiger partial charge < -0.3 is 20.0 Å². The molecule has 1 aromatic heterocycles. The maximum Gasteiger partial charge on any atom is 0.317 e. The predicted molar refractivity (Wildman–Crippen MR) is 101 cm³/mol. The number of hydrogen-bond donors (Lipinski definition) is 1. The second kappa shape index (κ2) is 7.88. The second-order valence-corrected chi connectivity index (χ2v) is 6.40. The van der Waals surface area contributed by atoms with Crippen molar-refractivity contribution in [3.8, 4) is 0 Å². The number of anilines is 2. The molecule has 0 spiro atoms. The van der Waals surface area contributed by atoms with Gasteiger partial charge in [-0.15, -0.1) is 0 Å². The molecule has 25 heavy (non-hydrogen) atoms. The van der Waals surface area contributed by atoms with Gasteiger partial charge in [-0.25, -0.2) is 4.79 Å². The van der Waals surface area contributed by atoms with Crippen LogP contribution < -0.4 is 15.1 Å². The van der Waals surface area contributed by atoms with Gasteiger partial charge >= 0.3 is 6.03 Å². The molecule has 1 saturated heterocycles. The van der Waals surface area contributed by atoms with E-state index in [0.717, 1.165) is 31.7 Å². The van der Waals surface area contributed by atoms with Gasteiger partial charge in [0.15, 0.2) is 0 Å². The summed E-state index contributed by atoms with van der Waals surface area (Å²) in [6.45, 7) is 3.67. The van der Waals surface area contributed by atoms with Crippen LogP contribution in [0.4, 0.5) is 16.2 Å². The van der Waals surface area contributed by atoms with Crippen LogP contribution in [0.25, 0.3) is 0 Å². The summed E-state index contributed by atoms with van der Waals surface area (Å²) >= 11 is 0. The smallest absolute Gasteiger partial charge is 0.317 e. The lowest BCUT2D eigenvalue weighted by Crippen LogP contribution is -2.51. The van der Waals surface area contributed by atoms with Gasteiger partial charge in [-0.3, -0.25) is 4.98 Å². The van der Waals surface area contributed by atoms with Gasteiger partial charge in [0.25, 0.3) is 0 Å². The molecule has 0 bridgehead atoms. The monoisotopic (exact) mass is 339 g/mol. The first-order valence-electron chi connectivity index (χ1n) is 8.57. The molecule has 0 unspecified atom stereocenters. The molecule has 2 amide bonds. The number of amides is 2. The molecule has 0 radical (unpaired) electrons. The van der Waals surface area contributed by atoms with Crippen molar-refractivity contribution in [3.63, 3.8) is 0 Å². The van der Waals surface area contributed by atoms with E-state index in [4.69, 9.17) is 0 Å². The summed E-state index contributed by atoms with van der Waals surface area (Å²) < 4.78 is 0. The molecule has 132 valence electrons. The van der Waals surface area contributed by atoms with Crippen LogP contribution in [0.1, 0.15) is 5.56 Å². The van der Waals surface area contributed by atoms with Crippen LogP contribution in [0.2, 0.25) is 0 Å². The summed E-state index contributed by atoms with van der Waals surface area (Å²) in [5.74, 6) is 0. The Bertz CT molecular complexity index is 679. The third-order valence-corrected chi connectivity index (χ3v) is 4.46. The Balaban J connectivity index is 1.48. The van der Waals surface area contributed by atoms with Crippen LogP contribution >= 0.6 is 0 Å². The van der Waals surface area contributed by atoms with Gasteiger partial charge in [-0.2, -0.15) is 0 Å². The lowest BCUT2D eigenvalue weighted by molar-refractivity contribution is 0.194. The number of pyridine rings is 1. The van der Waals surface area contributed by atoms with E-state index >= 15 is 0 Å². The van der Waals surface area contributed by atoms with Gasteiger partial charge in [0.1, 0.15) is 0 Å². The van der Waals surface area contributed by atoms with Crippen molar-refractivity contribution >= 4 is 17.4 Å². The highest BCUT2D eigenvalue weighted by molar-refractivity contribution is 5.74. The van der Waals surface area contributed by atoms with E-state index in [0.29, 0.717) is 6.54 Å². The van der Waals surface area contributed by atoms with E-state index in [9.17, 15) is 4.79 Å². The van der Waals surface area contributed by atoms with E-state index < -0.39 is 0 Å². The Kier molecular flexibility index (Phi) is 5.38. The highest BCUT2D eigenvalue weighted by Crippen LogP contribution is 2.20. The molecule has 3 rings (SSSR count). The summed E-state index contributed by atoms with van der Waals surface area (Å²) in [4.78, 5) is 22.7. The molecule has 0 saturated carbocycles. The summed E-state index contributed by atoms with van der Waals surface area (Å²) in [6.07, 6.45) is 3.51. The molecule has 2 aromatic rings. The highest BCUT2D eigenvalue weighted by Gasteiger charge is 2.21. The van der Waals surface area contributed by atoms with Crippen LogP contribution in [0.3, 0.4) is 0 Å². The van der Waals surface area contributed by atoms with Crippen LogP contribution in [0.15, 0.2) is 48.8 Å². The number of carbonyl (C=O) groups excluding carboxylic acids is 1. The minimum Gasteiger partial charge on any atom is -0.378 e. The van der Waals surface area contributed by atoms with Gasteiger partial charge in [0.2, 0.25) is 0 Å². The molecular weight excluding hydrogens is 314 g/mol. The lowest BCUT2D eigenvalue weighted by Gasteiger charge is -2.36. The van der Waals surface area contributed by atoms with Crippen LogP contribution in [0, 0.1) is 0 Å². The molecule has 1 fully saturated rings. The second-order valence-electron chi connectivity index (χ2n) is 6.40. The van der Waals surface area contributed by atoms with E-state index in [1.165, 1.54) is 11.4 Å². The summed E-state index contributed by atoms with van der Waals surface area (Å²) in [7, 11) is 4.08. The van der Waals surface area contributed by atoms with Crippen molar-refractivity contribution in [2.45, 2.75) is 6.54 Å². The summed E-state index contributed by atoms with van der Waals surface area (Å²) in [6, 6.07) is 12.4. The minimum absolute atomic E-state index is 0.00791. The van der Waals surface area contributed by atoms with Gasteiger partial charge in [-0.05, 0) is 35.9 Å². The quantitative estimate of drug-likeness (QED) is 0.928. The lowest BCUT2D eigenvalue weighted by atomic mass is 10.2. The summed E-state index contributed by atoms with van der Waals surface area (Å²) in [5, 5.41) is 2.97. The fraction of sp³-hybridized carbons (Fsp3) is 0.368. The minimum atomic E-state index is -0.00791. The Morgan fingerprint density at radius 3 is 2.44 bits per heavy atom. The first-order valence-corrected chi connectivity index (χ1v) is 8.57. The van der Waals surface area contributed by atoms with Crippen LogP contribution in [0.5, 0.6) is 0 Å². The molecule has 1 aliphatic heterocycles. The fourth-order valence-corrected chi connectivity index (χ4v) is 2.92. The van der Waals surface area contributed by atoms with Crippen molar-refractivity contribution < 1.29 is 4.79 Å². The zero-order valence-electron chi connectivity index (χ0n) is 14.9. The molecule has 6 nitrogen and oxygen atoms in total. The molecule has 1 aromatic carbocycles. The zero-order valence-corrected chi connectivity index (χ0v) is 14.9. The molecule has 0 aliphatic carbocycles. The highest BCUT2D eigenvalue weighted by atomic mass is 16.2. The number of nitrogens with zero attached hydrogens (tertiary/aromatic N) is 4. The third kappa shape index (κ3) is 4.41. The van der Waals surface area contributed by atoms with E-state index in [1.54, 1.807) is 12.4 Å². The standard InChI is InChI=1S/C19H25N5O/c1-22(2)17-5-7-18(8-6-17)23-10-12-24(13-11-23)19(25)21-15-16-4-3-9-20-14-16/h3-9,14H,10-13,15H2,1-2H3,(H,21,25). The number of hydrogen-bond acceptors (Lipinski definition) is 4. The van der Waals surface area contributed by atoms with E-state index in [2.05, 4.69) is 44.4 Å². The number of aromatic nitrogens is 1. The van der Waals surface area contributed by atoms with Gasteiger partial charge in [-0.1, -0.05) is 6.07 Å². The number of rotatable bonds is 4. The number of piperazine rings is 1. The Labute approximate surface area is 149 Å². The Hall–Kier alpha value is -2.76. The van der Waals surface area contributed by atoms with Crippen LogP contribution in [-0.2, 0) is 6.54 Å². The number of benzene rings is 1. The first-order chi connectivity index (χ1) is 12.1. The van der Waals surface area contributed by atoms with Gasteiger partial charge in [0.05, 0.1) is 0 Å². The number of nitrogens with one attached hydrogen (secondary N) is 1. The molecule has 0 atom stereocenters. The maximum absolute atomic E-state index is 12.3. The third-order valence-electron chi connectivity index (χ3n) is 4.46. The Morgan fingerprint density at radius 2 is 1.84 bits per heavy atom. The van der Waals surface area contributed by atoms with Crippen molar-refractivity contribution in [1.82, 2.24) is 15.2 Å². The molecular formula is C19H25N5O. The topological polar surface area (TPSA) is 51.7 Å². The number of carbonyl (C=O) groups is 1. The van der Waals surface area contributed by atoms with Crippen molar-refractivity contribution in [3.05, 3.63) is 54.4 Å². The van der Waals surface area contributed by atoms with Crippen molar-refractivity contribution in [1.29, 1.82) is 0 Å².